The van der Waals surface area contributed by atoms with Crippen molar-refractivity contribution in [2.24, 2.45) is 0 Å². The molecule has 1 N–H and O–H groups in total. The van der Waals surface area contributed by atoms with E-state index in [1.54, 1.807) is 6.07 Å². The van der Waals surface area contributed by atoms with Gasteiger partial charge in [-0.05, 0) is 25.5 Å². The molecule has 1 atom stereocenters. The first-order valence-electron chi connectivity index (χ1n) is 6.55. The molecule has 0 aliphatic carbocycles. The van der Waals surface area contributed by atoms with Crippen LogP contribution < -0.4 is 5.32 Å². The van der Waals surface area contributed by atoms with Gasteiger partial charge in [0.05, 0.1) is 35.0 Å². The van der Waals surface area contributed by atoms with Crippen LogP contribution in [-0.4, -0.2) is 43.2 Å². The molecule has 1 fully saturated rings. The van der Waals surface area contributed by atoms with Crippen LogP contribution in [0.4, 0.5) is 5.69 Å². The maximum Gasteiger partial charge on any atom is 0.238 e. The van der Waals surface area contributed by atoms with Crippen LogP contribution >= 0.6 is 23.2 Å². The summed E-state index contributed by atoms with van der Waals surface area (Å²) in [4.78, 5) is 14.1. The summed E-state index contributed by atoms with van der Waals surface area (Å²) in [5, 5.41) is 3.73. The Bertz CT molecular complexity index is 508. The number of nitrogens with one attached hydrogen (secondary N) is 1. The molecule has 4 nitrogen and oxygen atoms in total. The number of halogens is 2. The van der Waals surface area contributed by atoms with Crippen LogP contribution in [0.25, 0.3) is 0 Å². The number of carbonyl (C=O) groups excluding carboxylic acids is 1. The number of hydrogen-bond acceptors (Lipinski definition) is 3. The van der Waals surface area contributed by atoms with E-state index >= 15 is 0 Å². The van der Waals surface area contributed by atoms with E-state index < -0.39 is 0 Å². The lowest BCUT2D eigenvalue weighted by atomic mass is 10.2. The molecule has 0 aromatic heterocycles. The van der Waals surface area contributed by atoms with Crippen molar-refractivity contribution in [3.63, 3.8) is 0 Å². The fourth-order valence-electron chi connectivity index (χ4n) is 2.19. The topological polar surface area (TPSA) is 41.6 Å². The van der Waals surface area contributed by atoms with Crippen LogP contribution in [0.1, 0.15) is 12.5 Å². The van der Waals surface area contributed by atoms with Gasteiger partial charge in [0.25, 0.3) is 0 Å². The zero-order valence-electron chi connectivity index (χ0n) is 11.6. The van der Waals surface area contributed by atoms with Gasteiger partial charge in [0.15, 0.2) is 0 Å². The quantitative estimate of drug-likeness (QED) is 0.932. The van der Waals surface area contributed by atoms with E-state index in [-0.39, 0.29) is 12.0 Å². The average molecular weight is 317 g/mol. The highest BCUT2D eigenvalue weighted by molar-refractivity contribution is 6.40. The molecule has 6 heteroatoms. The van der Waals surface area contributed by atoms with Crippen molar-refractivity contribution in [3.05, 3.63) is 27.7 Å². The summed E-state index contributed by atoms with van der Waals surface area (Å²) in [7, 11) is 0. The van der Waals surface area contributed by atoms with Crippen LogP contribution in [0.5, 0.6) is 0 Å². The Morgan fingerprint density at radius 3 is 2.95 bits per heavy atom. The summed E-state index contributed by atoms with van der Waals surface area (Å²) in [6.07, 6.45) is 0.155. The molecule has 1 aliphatic heterocycles. The second-order valence-corrected chi connectivity index (χ2v) is 5.80. The SMILES string of the molecule is Cc1ccc(Cl)c(NC(=O)CN2CCO[C@H](C)C2)c1Cl. The predicted octanol–water partition coefficient (Wildman–Crippen LogP) is 2.96. The minimum absolute atomic E-state index is 0.117. The lowest BCUT2D eigenvalue weighted by Crippen LogP contribution is -2.44. The first kappa shape index (κ1) is 15.6. The number of amides is 1. The summed E-state index contributed by atoms with van der Waals surface area (Å²) in [6, 6.07) is 3.55. The Kier molecular flexibility index (Phi) is 5.27. The average Bonchev–Trinajstić information content (AvgIpc) is 2.39. The van der Waals surface area contributed by atoms with Crippen molar-refractivity contribution < 1.29 is 9.53 Å². The summed E-state index contributed by atoms with van der Waals surface area (Å²) in [6.45, 7) is 6.35. The third kappa shape index (κ3) is 3.85. The number of anilines is 1. The standard InChI is InChI=1S/C14H18Cl2N2O2/c1-9-3-4-11(15)14(13(9)16)17-12(19)8-18-5-6-20-10(2)7-18/h3-4,10H,5-8H2,1-2H3,(H,17,19)/t10-/m1/s1. The Morgan fingerprint density at radius 1 is 1.50 bits per heavy atom. The van der Waals surface area contributed by atoms with Crippen LogP contribution in [0.3, 0.4) is 0 Å². The van der Waals surface area contributed by atoms with Crippen LogP contribution in [0, 0.1) is 6.92 Å². The van der Waals surface area contributed by atoms with Gasteiger partial charge in [-0.3, -0.25) is 9.69 Å². The van der Waals surface area contributed by atoms with E-state index in [9.17, 15) is 4.79 Å². The molecular weight excluding hydrogens is 299 g/mol. The van der Waals surface area contributed by atoms with Gasteiger partial charge in [-0.25, -0.2) is 0 Å². The van der Waals surface area contributed by atoms with Gasteiger partial charge in [0.1, 0.15) is 0 Å². The Morgan fingerprint density at radius 2 is 2.25 bits per heavy atom. The van der Waals surface area contributed by atoms with Crippen molar-refractivity contribution in [1.29, 1.82) is 0 Å². The number of carbonyl (C=O) groups is 1. The van der Waals surface area contributed by atoms with Crippen LogP contribution in [-0.2, 0) is 9.53 Å². The number of aryl methyl sites for hydroxylation is 1. The molecule has 20 heavy (non-hydrogen) atoms. The van der Waals surface area contributed by atoms with Crippen LogP contribution in [0.15, 0.2) is 12.1 Å². The van der Waals surface area contributed by atoms with E-state index in [1.165, 1.54) is 0 Å². The molecule has 1 saturated heterocycles. The fourth-order valence-corrected chi connectivity index (χ4v) is 2.65. The first-order valence-corrected chi connectivity index (χ1v) is 7.31. The molecule has 1 aliphatic rings. The van der Waals surface area contributed by atoms with Gasteiger partial charge in [-0.15, -0.1) is 0 Å². The number of rotatable bonds is 3. The fraction of sp³-hybridized carbons (Fsp3) is 0.500. The maximum absolute atomic E-state index is 12.1. The predicted molar refractivity (Wildman–Crippen MR) is 81.7 cm³/mol. The molecule has 1 heterocycles. The molecule has 0 unspecified atom stereocenters. The Hall–Kier alpha value is -0.810. The molecule has 1 amide bonds. The summed E-state index contributed by atoms with van der Waals surface area (Å²) >= 11 is 12.3. The van der Waals surface area contributed by atoms with Crippen molar-refractivity contribution in [2.45, 2.75) is 20.0 Å². The molecule has 2 rings (SSSR count). The van der Waals surface area contributed by atoms with Crippen LogP contribution in [0.2, 0.25) is 10.0 Å². The first-order chi connectivity index (χ1) is 9.47. The lowest BCUT2D eigenvalue weighted by molar-refractivity contribution is -0.119. The van der Waals surface area contributed by atoms with E-state index in [0.29, 0.717) is 28.9 Å². The lowest BCUT2D eigenvalue weighted by Gasteiger charge is -2.30. The van der Waals surface area contributed by atoms with E-state index in [2.05, 4.69) is 10.2 Å². The summed E-state index contributed by atoms with van der Waals surface area (Å²) in [5.74, 6) is -0.117. The summed E-state index contributed by atoms with van der Waals surface area (Å²) in [5.41, 5.74) is 1.37. The Labute approximate surface area is 129 Å². The summed E-state index contributed by atoms with van der Waals surface area (Å²) < 4.78 is 5.45. The van der Waals surface area contributed by atoms with Crippen molar-refractivity contribution in [1.82, 2.24) is 4.90 Å². The highest BCUT2D eigenvalue weighted by Gasteiger charge is 2.20. The smallest absolute Gasteiger partial charge is 0.238 e. The molecule has 1 aromatic rings. The second-order valence-electron chi connectivity index (χ2n) is 5.02. The van der Waals surface area contributed by atoms with Gasteiger partial charge >= 0.3 is 0 Å². The molecule has 0 radical (unpaired) electrons. The van der Waals surface area contributed by atoms with Crippen molar-refractivity contribution in [2.75, 3.05) is 31.6 Å². The van der Waals surface area contributed by atoms with E-state index in [1.807, 2.05) is 19.9 Å². The normalized spacial score (nSPS) is 19.9. The molecule has 0 bridgehead atoms. The van der Waals surface area contributed by atoms with E-state index in [0.717, 1.165) is 18.7 Å². The maximum atomic E-state index is 12.1. The third-order valence-electron chi connectivity index (χ3n) is 3.24. The van der Waals surface area contributed by atoms with Gasteiger partial charge in [-0.1, -0.05) is 29.3 Å². The Balaban J connectivity index is 2.00. The monoisotopic (exact) mass is 316 g/mol. The second kappa shape index (κ2) is 6.76. The minimum Gasteiger partial charge on any atom is -0.376 e. The van der Waals surface area contributed by atoms with Crippen molar-refractivity contribution >= 4 is 34.8 Å². The highest BCUT2D eigenvalue weighted by atomic mass is 35.5. The molecular formula is C14H18Cl2N2O2. The van der Waals surface area contributed by atoms with E-state index in [4.69, 9.17) is 27.9 Å². The number of morpholine rings is 1. The molecule has 0 saturated carbocycles. The molecule has 1 aromatic carbocycles. The zero-order chi connectivity index (χ0) is 14.7. The van der Waals surface area contributed by atoms with Gasteiger partial charge < -0.3 is 10.1 Å². The van der Waals surface area contributed by atoms with Crippen molar-refractivity contribution in [3.8, 4) is 0 Å². The number of ether oxygens (including phenoxy) is 1. The minimum atomic E-state index is -0.117. The molecule has 0 spiro atoms. The molecule has 110 valence electrons. The van der Waals surface area contributed by atoms with Gasteiger partial charge in [-0.2, -0.15) is 0 Å². The van der Waals surface area contributed by atoms with Gasteiger partial charge in [0, 0.05) is 13.1 Å². The zero-order valence-corrected chi connectivity index (χ0v) is 13.1. The number of nitrogens with zero attached hydrogens (tertiary/aromatic N) is 1. The third-order valence-corrected chi connectivity index (χ3v) is 4.04. The largest absolute Gasteiger partial charge is 0.376 e. The highest BCUT2D eigenvalue weighted by Crippen LogP contribution is 2.32. The number of hydrogen-bond donors (Lipinski definition) is 1. The number of benzene rings is 1. The van der Waals surface area contributed by atoms with Gasteiger partial charge in [0.2, 0.25) is 5.91 Å².